The summed E-state index contributed by atoms with van der Waals surface area (Å²) in [6.07, 6.45) is 2.32. The number of nitrogens with two attached hydrogens (primary N) is 1. The van der Waals surface area contributed by atoms with Crippen molar-refractivity contribution in [3.8, 4) is 0 Å². The summed E-state index contributed by atoms with van der Waals surface area (Å²) in [4.78, 5) is 17.1. The Morgan fingerprint density at radius 2 is 2.18 bits per heavy atom. The summed E-state index contributed by atoms with van der Waals surface area (Å²) < 4.78 is 0. The molecule has 1 rings (SSSR count). The second-order valence-corrected chi connectivity index (χ2v) is 4.66. The van der Waals surface area contributed by atoms with Crippen molar-refractivity contribution in [2.75, 3.05) is 17.7 Å². The Kier molecular flexibility index (Phi) is 3.60. The first kappa shape index (κ1) is 13.3. The Bertz CT molecular complexity index is 430. The zero-order chi connectivity index (χ0) is 13.2. The van der Waals surface area contributed by atoms with Crippen molar-refractivity contribution in [3.05, 3.63) is 17.8 Å². The maximum atomic E-state index is 11.0. The van der Waals surface area contributed by atoms with Gasteiger partial charge in [-0.25, -0.2) is 9.78 Å². The van der Waals surface area contributed by atoms with Crippen molar-refractivity contribution in [2.24, 2.45) is 0 Å². The van der Waals surface area contributed by atoms with Crippen LogP contribution in [0.5, 0.6) is 0 Å². The fourth-order valence-electron chi connectivity index (χ4n) is 1.37. The number of aromatic carboxylic acids is 1. The van der Waals surface area contributed by atoms with Crippen LogP contribution < -0.4 is 10.6 Å². The first-order chi connectivity index (χ1) is 7.79. The molecule has 1 heterocycles. The number of hydrogen-bond donors (Lipinski definition) is 2. The molecular weight excluding hydrogens is 218 g/mol. The van der Waals surface area contributed by atoms with Gasteiger partial charge in [-0.2, -0.15) is 0 Å². The molecule has 1 aromatic heterocycles. The van der Waals surface area contributed by atoms with Crippen molar-refractivity contribution in [3.63, 3.8) is 0 Å². The fourth-order valence-corrected chi connectivity index (χ4v) is 1.37. The smallest absolute Gasteiger partial charge is 0.337 e. The van der Waals surface area contributed by atoms with Gasteiger partial charge >= 0.3 is 5.97 Å². The molecule has 0 aromatic carbocycles. The third kappa shape index (κ3) is 2.67. The van der Waals surface area contributed by atoms with Gasteiger partial charge in [0.2, 0.25) is 0 Å². The average molecular weight is 237 g/mol. The predicted molar refractivity (Wildman–Crippen MR) is 68.4 cm³/mol. The van der Waals surface area contributed by atoms with E-state index in [2.05, 4.69) is 25.8 Å². The lowest BCUT2D eigenvalue weighted by atomic mass is 10.00. The Morgan fingerprint density at radius 3 is 2.65 bits per heavy atom. The molecule has 0 amide bonds. The van der Waals surface area contributed by atoms with Gasteiger partial charge in [0, 0.05) is 12.6 Å². The van der Waals surface area contributed by atoms with Gasteiger partial charge in [-0.15, -0.1) is 0 Å². The number of carboxylic acid groups (broad SMARTS) is 1. The van der Waals surface area contributed by atoms with Crippen LogP contribution in [0.25, 0.3) is 0 Å². The van der Waals surface area contributed by atoms with Gasteiger partial charge in [0.15, 0.2) is 0 Å². The standard InChI is InChI=1S/C12H19N3O2/c1-5-12(2,3)15(4)10-6-8(11(16)17)9(13)7-14-10/h6-7H,5,13H2,1-4H3,(H,16,17). The number of pyridine rings is 1. The lowest BCUT2D eigenvalue weighted by Gasteiger charge is -2.36. The maximum absolute atomic E-state index is 11.0. The molecule has 0 aliphatic carbocycles. The fraction of sp³-hybridized carbons (Fsp3) is 0.500. The maximum Gasteiger partial charge on any atom is 0.337 e. The van der Waals surface area contributed by atoms with Crippen LogP contribution in [-0.4, -0.2) is 28.6 Å². The third-order valence-corrected chi connectivity index (χ3v) is 3.27. The zero-order valence-electron chi connectivity index (χ0n) is 10.7. The monoisotopic (exact) mass is 237 g/mol. The van der Waals surface area contributed by atoms with Gasteiger partial charge < -0.3 is 15.7 Å². The summed E-state index contributed by atoms with van der Waals surface area (Å²) >= 11 is 0. The van der Waals surface area contributed by atoms with E-state index in [0.29, 0.717) is 5.82 Å². The van der Waals surface area contributed by atoms with E-state index in [1.54, 1.807) is 0 Å². The molecular formula is C12H19N3O2. The third-order valence-electron chi connectivity index (χ3n) is 3.27. The number of nitrogens with zero attached hydrogens (tertiary/aromatic N) is 2. The number of aromatic nitrogens is 1. The first-order valence-electron chi connectivity index (χ1n) is 5.52. The summed E-state index contributed by atoms with van der Waals surface area (Å²) in [5.74, 6) is -0.419. The summed E-state index contributed by atoms with van der Waals surface area (Å²) in [7, 11) is 1.90. The minimum absolute atomic E-state index is 0.0844. The lowest BCUT2D eigenvalue weighted by molar-refractivity contribution is 0.0698. The van der Waals surface area contributed by atoms with Gasteiger partial charge in [-0.05, 0) is 26.3 Å². The van der Waals surface area contributed by atoms with Gasteiger partial charge in [-0.3, -0.25) is 0 Å². The molecule has 0 bridgehead atoms. The quantitative estimate of drug-likeness (QED) is 0.837. The summed E-state index contributed by atoms with van der Waals surface area (Å²) in [6.45, 7) is 6.23. The molecule has 0 unspecified atom stereocenters. The highest BCUT2D eigenvalue weighted by Gasteiger charge is 2.23. The van der Waals surface area contributed by atoms with E-state index in [9.17, 15) is 4.79 Å². The number of rotatable bonds is 4. The van der Waals surface area contributed by atoms with E-state index in [4.69, 9.17) is 10.8 Å². The number of hydrogen-bond acceptors (Lipinski definition) is 4. The van der Waals surface area contributed by atoms with Crippen molar-refractivity contribution in [1.82, 2.24) is 4.98 Å². The van der Waals surface area contributed by atoms with E-state index in [1.807, 2.05) is 11.9 Å². The number of carboxylic acids is 1. The summed E-state index contributed by atoms with van der Waals surface area (Å²) in [5.41, 5.74) is 5.76. The molecule has 0 aliphatic rings. The van der Waals surface area contributed by atoms with Crippen LogP contribution in [0.1, 0.15) is 37.6 Å². The molecule has 17 heavy (non-hydrogen) atoms. The molecule has 3 N–H and O–H groups in total. The SMILES string of the molecule is CCC(C)(C)N(C)c1cc(C(=O)O)c(N)cn1. The lowest BCUT2D eigenvalue weighted by Crippen LogP contribution is -2.41. The molecule has 1 aromatic rings. The second-order valence-electron chi connectivity index (χ2n) is 4.66. The van der Waals surface area contributed by atoms with Crippen molar-refractivity contribution in [1.29, 1.82) is 0 Å². The van der Waals surface area contributed by atoms with Gasteiger partial charge in [0.05, 0.1) is 17.4 Å². The number of nitrogen functional groups attached to an aromatic ring is 1. The normalized spacial score (nSPS) is 11.3. The van der Waals surface area contributed by atoms with Crippen molar-refractivity contribution < 1.29 is 9.90 Å². The molecule has 0 aliphatic heterocycles. The largest absolute Gasteiger partial charge is 0.478 e. The Morgan fingerprint density at radius 1 is 1.59 bits per heavy atom. The van der Waals surface area contributed by atoms with E-state index in [1.165, 1.54) is 12.3 Å². The van der Waals surface area contributed by atoms with Crippen LogP contribution in [0.15, 0.2) is 12.3 Å². The number of carbonyl (C=O) groups is 1. The van der Waals surface area contributed by atoms with E-state index in [0.717, 1.165) is 6.42 Å². The molecule has 0 saturated carbocycles. The zero-order valence-corrected chi connectivity index (χ0v) is 10.7. The molecule has 94 valence electrons. The summed E-state index contributed by atoms with van der Waals surface area (Å²) in [5, 5.41) is 9.01. The van der Waals surface area contributed by atoms with Gasteiger partial charge in [-0.1, -0.05) is 6.92 Å². The van der Waals surface area contributed by atoms with Crippen LogP contribution >= 0.6 is 0 Å². The molecule has 0 spiro atoms. The minimum atomic E-state index is -1.03. The average Bonchev–Trinajstić information content (AvgIpc) is 2.28. The van der Waals surface area contributed by atoms with Crippen LogP contribution in [-0.2, 0) is 0 Å². The minimum Gasteiger partial charge on any atom is -0.478 e. The molecule has 0 atom stereocenters. The van der Waals surface area contributed by atoms with E-state index < -0.39 is 5.97 Å². The Hall–Kier alpha value is -1.78. The highest BCUT2D eigenvalue weighted by Crippen LogP contribution is 2.25. The molecule has 0 saturated heterocycles. The van der Waals surface area contributed by atoms with Crippen LogP contribution in [0, 0.1) is 0 Å². The van der Waals surface area contributed by atoms with Gasteiger partial charge in [0.1, 0.15) is 5.82 Å². The van der Waals surface area contributed by atoms with Crippen LogP contribution in [0.2, 0.25) is 0 Å². The van der Waals surface area contributed by atoms with Crippen molar-refractivity contribution in [2.45, 2.75) is 32.7 Å². The summed E-state index contributed by atoms with van der Waals surface area (Å²) in [6, 6.07) is 1.51. The topological polar surface area (TPSA) is 79.5 Å². The first-order valence-corrected chi connectivity index (χ1v) is 5.52. The highest BCUT2D eigenvalue weighted by molar-refractivity contribution is 5.94. The van der Waals surface area contributed by atoms with E-state index >= 15 is 0 Å². The molecule has 5 nitrogen and oxygen atoms in total. The highest BCUT2D eigenvalue weighted by atomic mass is 16.4. The van der Waals surface area contributed by atoms with Crippen molar-refractivity contribution >= 4 is 17.5 Å². The van der Waals surface area contributed by atoms with E-state index in [-0.39, 0.29) is 16.8 Å². The molecule has 0 fully saturated rings. The Balaban J connectivity index is 3.16. The Labute approximate surface area is 101 Å². The predicted octanol–water partition coefficient (Wildman–Crippen LogP) is 1.99. The van der Waals surface area contributed by atoms with Gasteiger partial charge in [0.25, 0.3) is 0 Å². The molecule has 5 heteroatoms. The number of anilines is 2. The molecule has 0 radical (unpaired) electrons. The second kappa shape index (κ2) is 4.61. The van der Waals surface area contributed by atoms with Crippen LogP contribution in [0.4, 0.5) is 11.5 Å². The van der Waals surface area contributed by atoms with Crippen LogP contribution in [0.3, 0.4) is 0 Å².